The molecule has 0 aliphatic rings. The summed E-state index contributed by atoms with van der Waals surface area (Å²) in [5.41, 5.74) is 4.32. The summed E-state index contributed by atoms with van der Waals surface area (Å²) in [4.78, 5) is 16.4. The van der Waals surface area contributed by atoms with E-state index in [0.29, 0.717) is 17.7 Å². The van der Waals surface area contributed by atoms with Crippen LogP contribution < -0.4 is 10.2 Å². The maximum atomic E-state index is 13.2. The molecule has 6 nitrogen and oxygen atoms in total. The third-order valence-electron chi connectivity index (χ3n) is 6.02. The molecular weight excluding hydrogens is 450 g/mol. The summed E-state index contributed by atoms with van der Waals surface area (Å²) in [5, 5.41) is 16.6. The van der Waals surface area contributed by atoms with Gasteiger partial charge < -0.3 is 14.8 Å². The molecule has 1 heterocycles. The third kappa shape index (κ3) is 4.76. The molecule has 36 heavy (non-hydrogen) atoms. The number of nitrogens with zero attached hydrogens (tertiary/aromatic N) is 1. The van der Waals surface area contributed by atoms with E-state index >= 15 is 0 Å². The third-order valence-corrected chi connectivity index (χ3v) is 6.02. The number of aromatic nitrogens is 1. The first-order valence-electron chi connectivity index (χ1n) is 11.6. The van der Waals surface area contributed by atoms with Gasteiger partial charge >= 0.3 is 0 Å². The quantitative estimate of drug-likeness (QED) is 0.215. The van der Waals surface area contributed by atoms with Crippen molar-refractivity contribution in [2.24, 2.45) is 5.10 Å². The van der Waals surface area contributed by atoms with Gasteiger partial charge in [0.25, 0.3) is 5.91 Å². The number of aromatic amines is 1. The van der Waals surface area contributed by atoms with Crippen molar-refractivity contribution in [2.75, 3.05) is 0 Å². The number of amides is 1. The predicted octanol–water partition coefficient (Wildman–Crippen LogP) is 5.13. The fourth-order valence-corrected chi connectivity index (χ4v) is 4.09. The van der Waals surface area contributed by atoms with E-state index in [-0.39, 0.29) is 0 Å². The van der Waals surface area contributed by atoms with Gasteiger partial charge in [0.2, 0.25) is 0 Å². The van der Waals surface area contributed by atoms with Crippen molar-refractivity contribution >= 4 is 23.0 Å². The molecule has 0 unspecified atom stereocenters. The Labute approximate surface area is 208 Å². The van der Waals surface area contributed by atoms with Gasteiger partial charge in [0.15, 0.2) is 5.60 Å². The molecular formula is C30H25N3O3. The van der Waals surface area contributed by atoms with Gasteiger partial charge in [-0.3, -0.25) is 4.79 Å². The van der Waals surface area contributed by atoms with E-state index in [1.54, 1.807) is 54.7 Å². The number of H-pyrrole nitrogens is 1. The molecule has 0 spiro atoms. The van der Waals surface area contributed by atoms with E-state index in [1.165, 1.54) is 0 Å². The number of hydrogen-bond acceptors (Lipinski definition) is 4. The molecule has 4 aromatic carbocycles. The van der Waals surface area contributed by atoms with Crippen LogP contribution in [0.4, 0.5) is 0 Å². The molecule has 0 saturated carbocycles. The van der Waals surface area contributed by atoms with Gasteiger partial charge in [-0.2, -0.15) is 5.10 Å². The van der Waals surface area contributed by atoms with Gasteiger partial charge in [-0.25, -0.2) is 5.43 Å². The number of hydrogen-bond donors (Lipinski definition) is 3. The normalized spacial score (nSPS) is 11.6. The lowest BCUT2D eigenvalue weighted by molar-refractivity contribution is -0.136. The first-order valence-corrected chi connectivity index (χ1v) is 11.6. The fourth-order valence-electron chi connectivity index (χ4n) is 4.09. The van der Waals surface area contributed by atoms with Crippen molar-refractivity contribution in [2.45, 2.75) is 12.2 Å². The molecule has 0 saturated heterocycles. The Morgan fingerprint density at radius 1 is 0.889 bits per heavy atom. The molecule has 0 bridgehead atoms. The number of benzene rings is 4. The molecule has 0 fully saturated rings. The lowest BCUT2D eigenvalue weighted by Crippen LogP contribution is -2.43. The zero-order valence-corrected chi connectivity index (χ0v) is 19.5. The summed E-state index contributed by atoms with van der Waals surface area (Å²) < 4.78 is 5.95. The second kappa shape index (κ2) is 10.3. The Morgan fingerprint density at radius 3 is 2.14 bits per heavy atom. The average molecular weight is 476 g/mol. The maximum Gasteiger partial charge on any atom is 0.281 e. The Hall–Kier alpha value is -4.68. The van der Waals surface area contributed by atoms with E-state index in [4.69, 9.17) is 4.74 Å². The summed E-state index contributed by atoms with van der Waals surface area (Å²) in [6, 6.07) is 33.4. The largest absolute Gasteiger partial charge is 0.489 e. The number of aliphatic hydroxyl groups is 1. The minimum Gasteiger partial charge on any atom is -0.489 e. The number of carbonyl (C=O) groups is 1. The predicted molar refractivity (Wildman–Crippen MR) is 141 cm³/mol. The molecule has 5 rings (SSSR count). The van der Waals surface area contributed by atoms with Gasteiger partial charge in [0.05, 0.1) is 6.21 Å². The average Bonchev–Trinajstić information content (AvgIpc) is 3.35. The van der Waals surface area contributed by atoms with Gasteiger partial charge in [0.1, 0.15) is 12.4 Å². The smallest absolute Gasteiger partial charge is 0.281 e. The van der Waals surface area contributed by atoms with Crippen molar-refractivity contribution < 1.29 is 14.6 Å². The molecule has 5 aromatic rings. The summed E-state index contributed by atoms with van der Waals surface area (Å²) in [5.74, 6) is 0.0787. The molecule has 0 atom stereocenters. The number of fused-ring (bicyclic) bond motifs is 1. The summed E-state index contributed by atoms with van der Waals surface area (Å²) in [6.45, 7) is 0.466. The molecule has 0 aliphatic heterocycles. The van der Waals surface area contributed by atoms with Crippen LogP contribution in [0.1, 0.15) is 22.3 Å². The topological polar surface area (TPSA) is 86.7 Å². The van der Waals surface area contributed by atoms with Crippen molar-refractivity contribution in [3.63, 3.8) is 0 Å². The van der Waals surface area contributed by atoms with E-state index in [9.17, 15) is 9.90 Å². The number of hydrazone groups is 1. The van der Waals surface area contributed by atoms with Gasteiger partial charge in [0, 0.05) is 22.7 Å². The lowest BCUT2D eigenvalue weighted by atomic mass is 9.85. The zero-order valence-electron chi connectivity index (χ0n) is 19.5. The van der Waals surface area contributed by atoms with Crippen LogP contribution in [0.25, 0.3) is 10.9 Å². The van der Waals surface area contributed by atoms with Crippen molar-refractivity contribution in [1.82, 2.24) is 10.4 Å². The number of carbonyl (C=O) groups excluding carboxylic acids is 1. The summed E-state index contributed by atoms with van der Waals surface area (Å²) >= 11 is 0. The van der Waals surface area contributed by atoms with E-state index in [2.05, 4.69) is 15.5 Å². The van der Waals surface area contributed by atoms with Crippen LogP contribution in [0, 0.1) is 0 Å². The van der Waals surface area contributed by atoms with E-state index in [0.717, 1.165) is 27.8 Å². The van der Waals surface area contributed by atoms with E-state index in [1.807, 2.05) is 66.9 Å². The van der Waals surface area contributed by atoms with Gasteiger partial charge in [-0.15, -0.1) is 0 Å². The molecule has 0 radical (unpaired) electrons. The Morgan fingerprint density at radius 2 is 1.50 bits per heavy atom. The summed E-state index contributed by atoms with van der Waals surface area (Å²) in [6.07, 6.45) is 3.36. The van der Waals surface area contributed by atoms with Crippen LogP contribution in [-0.4, -0.2) is 22.2 Å². The first-order chi connectivity index (χ1) is 17.6. The molecule has 1 aromatic heterocycles. The highest BCUT2D eigenvalue weighted by molar-refractivity contribution is 6.00. The van der Waals surface area contributed by atoms with Crippen LogP contribution >= 0.6 is 0 Å². The minimum absolute atomic E-state index is 0.455. The Balaban J connectivity index is 1.35. The van der Waals surface area contributed by atoms with Crippen LogP contribution in [0.5, 0.6) is 5.75 Å². The highest BCUT2D eigenvalue weighted by Crippen LogP contribution is 2.30. The summed E-state index contributed by atoms with van der Waals surface area (Å²) in [7, 11) is 0. The number of ether oxygens (including phenoxy) is 1. The maximum absolute atomic E-state index is 13.2. The molecule has 178 valence electrons. The second-order valence-electron chi connectivity index (χ2n) is 8.37. The SMILES string of the molecule is O=C(NN=Cc1c[nH]c2ccc(OCc3ccccc3)cc12)C(O)(c1ccccc1)c1ccccc1. The van der Waals surface area contributed by atoms with Crippen molar-refractivity contribution in [3.8, 4) is 5.75 Å². The Bertz CT molecular complexity index is 1440. The molecule has 3 N–H and O–H groups in total. The molecule has 6 heteroatoms. The van der Waals surface area contributed by atoms with Crippen LogP contribution in [0.15, 0.2) is 120 Å². The first kappa shape index (κ1) is 23.1. The minimum atomic E-state index is -1.89. The highest BCUT2D eigenvalue weighted by atomic mass is 16.5. The van der Waals surface area contributed by atoms with Crippen LogP contribution in [0.2, 0.25) is 0 Å². The van der Waals surface area contributed by atoms with Crippen molar-refractivity contribution in [1.29, 1.82) is 0 Å². The highest BCUT2D eigenvalue weighted by Gasteiger charge is 2.39. The fraction of sp³-hybridized carbons (Fsp3) is 0.0667. The lowest BCUT2D eigenvalue weighted by Gasteiger charge is -2.27. The van der Waals surface area contributed by atoms with Gasteiger partial charge in [-0.05, 0) is 34.9 Å². The standard InChI is InChI=1S/C30H25N3O3/c34-29(30(35,24-12-6-2-7-13-24)25-14-8-3-9-15-25)33-32-20-23-19-31-28-17-16-26(18-27(23)28)36-21-22-10-4-1-5-11-22/h1-20,31,35H,21H2,(H,33,34). The zero-order chi connectivity index (χ0) is 24.8. The Kier molecular flexibility index (Phi) is 6.60. The monoisotopic (exact) mass is 475 g/mol. The van der Waals surface area contributed by atoms with Gasteiger partial charge in [-0.1, -0.05) is 91.0 Å². The number of rotatable bonds is 8. The molecule has 0 aliphatic carbocycles. The van der Waals surface area contributed by atoms with Crippen LogP contribution in [0.3, 0.4) is 0 Å². The number of nitrogens with one attached hydrogen (secondary N) is 2. The van der Waals surface area contributed by atoms with Crippen molar-refractivity contribution in [3.05, 3.63) is 138 Å². The van der Waals surface area contributed by atoms with Crippen LogP contribution in [-0.2, 0) is 17.0 Å². The second-order valence-corrected chi connectivity index (χ2v) is 8.37. The van der Waals surface area contributed by atoms with E-state index < -0.39 is 11.5 Å². The molecule has 1 amide bonds.